The summed E-state index contributed by atoms with van der Waals surface area (Å²) in [7, 11) is 0. The molecule has 0 amide bonds. The standard InChI is InChI=1S/C16H18FN3O2/c17-14-7-12(22)5-6-13(14)15-8-18-9-16(19-15)20(10-21)11-3-1-2-4-11/h5-9,11,21-22H,1-4,10H2. The zero-order chi connectivity index (χ0) is 15.5. The van der Waals surface area contributed by atoms with Gasteiger partial charge in [-0.2, -0.15) is 0 Å². The summed E-state index contributed by atoms with van der Waals surface area (Å²) in [6.45, 7) is -0.138. The molecule has 116 valence electrons. The van der Waals surface area contributed by atoms with E-state index in [-0.39, 0.29) is 24.1 Å². The quantitative estimate of drug-likeness (QED) is 0.850. The maximum absolute atomic E-state index is 14.0. The van der Waals surface area contributed by atoms with E-state index in [1.807, 2.05) is 4.90 Å². The fourth-order valence-electron chi connectivity index (χ4n) is 2.93. The van der Waals surface area contributed by atoms with E-state index in [4.69, 9.17) is 0 Å². The zero-order valence-electron chi connectivity index (χ0n) is 12.1. The molecule has 1 fully saturated rings. The second kappa shape index (κ2) is 6.27. The number of aromatic hydroxyl groups is 1. The maximum atomic E-state index is 14.0. The highest BCUT2D eigenvalue weighted by Crippen LogP contribution is 2.29. The number of benzene rings is 1. The number of anilines is 1. The average molecular weight is 303 g/mol. The van der Waals surface area contributed by atoms with Crippen molar-refractivity contribution in [2.24, 2.45) is 0 Å². The molecule has 1 aromatic carbocycles. The van der Waals surface area contributed by atoms with Gasteiger partial charge in [0.15, 0.2) is 0 Å². The highest BCUT2D eigenvalue weighted by atomic mass is 19.1. The summed E-state index contributed by atoms with van der Waals surface area (Å²) in [5.41, 5.74) is 0.655. The van der Waals surface area contributed by atoms with E-state index < -0.39 is 5.82 Å². The molecule has 5 nitrogen and oxygen atoms in total. The van der Waals surface area contributed by atoms with Gasteiger partial charge in [0, 0.05) is 17.7 Å². The highest BCUT2D eigenvalue weighted by Gasteiger charge is 2.23. The van der Waals surface area contributed by atoms with Gasteiger partial charge in [0.25, 0.3) is 0 Å². The third-order valence-electron chi connectivity index (χ3n) is 4.06. The second-order valence-corrected chi connectivity index (χ2v) is 5.48. The predicted octanol–water partition coefficient (Wildman–Crippen LogP) is 2.69. The minimum Gasteiger partial charge on any atom is -0.508 e. The van der Waals surface area contributed by atoms with E-state index >= 15 is 0 Å². The van der Waals surface area contributed by atoms with Crippen LogP contribution in [0.5, 0.6) is 5.75 Å². The van der Waals surface area contributed by atoms with Crippen molar-refractivity contribution < 1.29 is 14.6 Å². The molecule has 2 aromatic rings. The van der Waals surface area contributed by atoms with E-state index in [0.717, 1.165) is 31.7 Å². The second-order valence-electron chi connectivity index (χ2n) is 5.48. The van der Waals surface area contributed by atoms with Gasteiger partial charge in [0.05, 0.1) is 18.1 Å². The van der Waals surface area contributed by atoms with Crippen LogP contribution >= 0.6 is 0 Å². The number of hydrogen-bond donors (Lipinski definition) is 2. The van der Waals surface area contributed by atoms with Gasteiger partial charge >= 0.3 is 0 Å². The number of aliphatic hydroxyl groups is 1. The number of nitrogens with zero attached hydrogens (tertiary/aromatic N) is 3. The minimum atomic E-state index is -0.553. The van der Waals surface area contributed by atoms with Crippen molar-refractivity contribution in [3.63, 3.8) is 0 Å². The van der Waals surface area contributed by atoms with Crippen molar-refractivity contribution in [1.29, 1.82) is 0 Å². The Morgan fingerprint density at radius 1 is 1.23 bits per heavy atom. The predicted molar refractivity (Wildman–Crippen MR) is 80.9 cm³/mol. The summed E-state index contributed by atoms with van der Waals surface area (Å²) in [6.07, 6.45) is 7.36. The monoisotopic (exact) mass is 303 g/mol. The molecule has 1 heterocycles. The highest BCUT2D eigenvalue weighted by molar-refractivity contribution is 5.62. The Balaban J connectivity index is 1.94. The summed E-state index contributed by atoms with van der Waals surface area (Å²) >= 11 is 0. The molecule has 0 radical (unpaired) electrons. The van der Waals surface area contributed by atoms with Crippen LogP contribution in [0.1, 0.15) is 25.7 Å². The van der Waals surface area contributed by atoms with E-state index in [1.165, 1.54) is 18.3 Å². The first kappa shape index (κ1) is 14.7. The van der Waals surface area contributed by atoms with Gasteiger partial charge < -0.3 is 15.1 Å². The topological polar surface area (TPSA) is 69.5 Å². The molecule has 0 atom stereocenters. The van der Waals surface area contributed by atoms with Crippen LogP contribution in [0.2, 0.25) is 0 Å². The number of phenols is 1. The van der Waals surface area contributed by atoms with E-state index in [1.54, 1.807) is 6.20 Å². The Labute approximate surface area is 128 Å². The zero-order valence-corrected chi connectivity index (χ0v) is 12.1. The van der Waals surface area contributed by atoms with Crippen LogP contribution in [0.15, 0.2) is 30.6 Å². The molecule has 1 aliphatic rings. The number of aromatic nitrogens is 2. The first-order valence-corrected chi connectivity index (χ1v) is 7.37. The third kappa shape index (κ3) is 2.87. The molecule has 0 spiro atoms. The molecule has 1 aliphatic carbocycles. The summed E-state index contributed by atoms with van der Waals surface area (Å²) in [6, 6.07) is 4.18. The summed E-state index contributed by atoms with van der Waals surface area (Å²) in [4.78, 5) is 10.4. The lowest BCUT2D eigenvalue weighted by Gasteiger charge is -2.27. The van der Waals surface area contributed by atoms with Crippen LogP contribution in [-0.4, -0.2) is 33.0 Å². The molecule has 0 aliphatic heterocycles. The van der Waals surface area contributed by atoms with Gasteiger partial charge in [-0.15, -0.1) is 0 Å². The van der Waals surface area contributed by atoms with E-state index in [0.29, 0.717) is 11.5 Å². The van der Waals surface area contributed by atoms with Crippen molar-refractivity contribution in [1.82, 2.24) is 9.97 Å². The fourth-order valence-corrected chi connectivity index (χ4v) is 2.93. The summed E-state index contributed by atoms with van der Waals surface area (Å²) in [5, 5.41) is 18.9. The summed E-state index contributed by atoms with van der Waals surface area (Å²) in [5.74, 6) is -0.143. The molecule has 0 saturated heterocycles. The van der Waals surface area contributed by atoms with Gasteiger partial charge in [-0.1, -0.05) is 12.8 Å². The van der Waals surface area contributed by atoms with Crippen LogP contribution in [-0.2, 0) is 0 Å². The lowest BCUT2D eigenvalue weighted by molar-refractivity contribution is 0.275. The Bertz CT molecular complexity index is 660. The van der Waals surface area contributed by atoms with Crippen molar-refractivity contribution in [3.8, 4) is 17.0 Å². The van der Waals surface area contributed by atoms with E-state index in [9.17, 15) is 14.6 Å². The molecule has 1 saturated carbocycles. The number of rotatable bonds is 4. The molecule has 22 heavy (non-hydrogen) atoms. The van der Waals surface area contributed by atoms with Crippen molar-refractivity contribution in [3.05, 3.63) is 36.4 Å². The maximum Gasteiger partial charge on any atom is 0.149 e. The smallest absolute Gasteiger partial charge is 0.149 e. The Hall–Kier alpha value is -2.21. The number of phenolic OH excluding ortho intramolecular Hbond substituents is 1. The first-order valence-electron chi connectivity index (χ1n) is 7.37. The Morgan fingerprint density at radius 2 is 2.00 bits per heavy atom. The molecule has 0 bridgehead atoms. The molecule has 1 aromatic heterocycles. The average Bonchev–Trinajstić information content (AvgIpc) is 3.02. The van der Waals surface area contributed by atoms with Crippen molar-refractivity contribution in [2.45, 2.75) is 31.7 Å². The van der Waals surface area contributed by atoms with Gasteiger partial charge in [-0.3, -0.25) is 4.98 Å². The van der Waals surface area contributed by atoms with Gasteiger partial charge in [-0.25, -0.2) is 9.37 Å². The molecule has 3 rings (SSSR count). The molecule has 2 N–H and O–H groups in total. The van der Waals surface area contributed by atoms with Crippen LogP contribution in [0.4, 0.5) is 10.2 Å². The van der Waals surface area contributed by atoms with Crippen LogP contribution in [0.3, 0.4) is 0 Å². The fraction of sp³-hybridized carbons (Fsp3) is 0.375. The first-order chi connectivity index (χ1) is 10.7. The van der Waals surface area contributed by atoms with Crippen molar-refractivity contribution in [2.75, 3.05) is 11.6 Å². The minimum absolute atomic E-state index is 0.131. The van der Waals surface area contributed by atoms with Crippen LogP contribution in [0.25, 0.3) is 11.3 Å². The van der Waals surface area contributed by atoms with Gasteiger partial charge in [0.1, 0.15) is 24.1 Å². The van der Waals surface area contributed by atoms with Crippen LogP contribution < -0.4 is 4.90 Å². The van der Waals surface area contributed by atoms with Gasteiger partial charge in [-0.05, 0) is 25.0 Å². The molecular formula is C16H18FN3O2. The third-order valence-corrected chi connectivity index (χ3v) is 4.06. The number of aliphatic hydroxyl groups excluding tert-OH is 1. The molecule has 6 heteroatoms. The summed E-state index contributed by atoms with van der Waals surface area (Å²) < 4.78 is 14.0. The largest absolute Gasteiger partial charge is 0.508 e. The van der Waals surface area contributed by atoms with Gasteiger partial charge in [0.2, 0.25) is 0 Å². The lowest BCUT2D eigenvalue weighted by atomic mass is 10.1. The number of halogens is 1. The number of hydrogen-bond acceptors (Lipinski definition) is 5. The lowest BCUT2D eigenvalue weighted by Crippen LogP contribution is -2.34. The molecular weight excluding hydrogens is 285 g/mol. The Kier molecular flexibility index (Phi) is 4.20. The Morgan fingerprint density at radius 3 is 2.68 bits per heavy atom. The van der Waals surface area contributed by atoms with E-state index in [2.05, 4.69) is 9.97 Å². The normalized spacial score (nSPS) is 15.2. The SMILES string of the molecule is OCN(c1cncc(-c2ccc(O)cc2F)n1)C1CCCC1. The molecule has 0 unspecified atom stereocenters. The van der Waals surface area contributed by atoms with Crippen molar-refractivity contribution >= 4 is 5.82 Å². The van der Waals surface area contributed by atoms with Crippen LogP contribution in [0, 0.1) is 5.82 Å².